The van der Waals surface area contributed by atoms with Gasteiger partial charge in [-0.25, -0.2) is 4.98 Å². The number of benzene rings is 1. The largest absolute Gasteiger partial charge is 0.353 e. The first kappa shape index (κ1) is 22.6. The van der Waals surface area contributed by atoms with Crippen LogP contribution < -0.4 is 10.2 Å². The van der Waals surface area contributed by atoms with E-state index in [0.29, 0.717) is 17.8 Å². The van der Waals surface area contributed by atoms with E-state index in [-0.39, 0.29) is 5.91 Å². The number of rotatable bonds is 9. The van der Waals surface area contributed by atoms with E-state index in [1.807, 2.05) is 48.7 Å². The Balaban J connectivity index is 1.35. The molecule has 3 heterocycles. The van der Waals surface area contributed by atoms with E-state index in [2.05, 4.69) is 31.2 Å². The number of nitrogens with zero attached hydrogens (tertiary/aromatic N) is 4. The number of pyridine rings is 2. The lowest BCUT2D eigenvalue weighted by molar-refractivity contribution is -0.109. The van der Waals surface area contributed by atoms with Crippen LogP contribution in [0.15, 0.2) is 73.1 Å². The fourth-order valence-electron chi connectivity index (χ4n) is 4.08. The van der Waals surface area contributed by atoms with Gasteiger partial charge in [0.1, 0.15) is 12.1 Å². The monoisotopic (exact) mass is 443 g/mol. The molecular formula is C26H29N5O2. The lowest BCUT2D eigenvalue weighted by Crippen LogP contribution is -2.48. The average Bonchev–Trinajstić information content (AvgIpc) is 2.88. The van der Waals surface area contributed by atoms with Crippen LogP contribution in [0, 0.1) is 0 Å². The number of hydrogen-bond acceptors (Lipinski definition) is 6. The normalized spacial score (nSPS) is 15.1. The number of aldehydes is 1. The molecule has 3 aromatic rings. The predicted molar refractivity (Wildman–Crippen MR) is 128 cm³/mol. The molecule has 1 fully saturated rings. The molecule has 0 bridgehead atoms. The van der Waals surface area contributed by atoms with E-state index in [9.17, 15) is 9.59 Å². The zero-order valence-corrected chi connectivity index (χ0v) is 18.6. The van der Waals surface area contributed by atoms with Crippen LogP contribution in [0.5, 0.6) is 0 Å². The number of piperazine rings is 1. The second-order valence-electron chi connectivity index (χ2n) is 8.18. The second kappa shape index (κ2) is 11.3. The maximum atomic E-state index is 13.0. The molecular weight excluding hydrogens is 414 g/mol. The minimum absolute atomic E-state index is 0.274. The van der Waals surface area contributed by atoms with Crippen LogP contribution in [0.1, 0.15) is 21.6 Å². The third kappa shape index (κ3) is 6.23. The summed E-state index contributed by atoms with van der Waals surface area (Å²) in [5, 5.41) is 2.87. The molecule has 0 saturated carbocycles. The van der Waals surface area contributed by atoms with Crippen LogP contribution in [-0.4, -0.2) is 65.8 Å². The zero-order chi connectivity index (χ0) is 22.9. The molecule has 2 aromatic heterocycles. The Hall–Kier alpha value is -3.58. The number of carbonyl (C=O) groups excluding carboxylic acids is 2. The summed E-state index contributed by atoms with van der Waals surface area (Å²) in [5.74, 6) is 0.396. The van der Waals surface area contributed by atoms with E-state index in [1.165, 1.54) is 0 Å². The molecule has 1 amide bonds. The summed E-state index contributed by atoms with van der Waals surface area (Å²) in [7, 11) is 0. The van der Waals surface area contributed by atoms with Gasteiger partial charge in [0, 0.05) is 57.2 Å². The highest BCUT2D eigenvalue weighted by atomic mass is 16.2. The number of carbonyl (C=O) groups is 2. The van der Waals surface area contributed by atoms with E-state index < -0.39 is 6.04 Å². The summed E-state index contributed by atoms with van der Waals surface area (Å²) >= 11 is 0. The molecule has 1 unspecified atom stereocenters. The summed E-state index contributed by atoms with van der Waals surface area (Å²) in [6, 6.07) is 18.6. The molecule has 7 nitrogen and oxygen atoms in total. The van der Waals surface area contributed by atoms with Gasteiger partial charge in [0.05, 0.1) is 11.6 Å². The summed E-state index contributed by atoms with van der Waals surface area (Å²) in [6.45, 7) is 4.34. The minimum atomic E-state index is -0.587. The molecule has 0 aliphatic carbocycles. The van der Waals surface area contributed by atoms with Gasteiger partial charge in [-0.1, -0.05) is 36.4 Å². The smallest absolute Gasteiger partial charge is 0.255 e. The molecule has 1 aromatic carbocycles. The van der Waals surface area contributed by atoms with E-state index in [4.69, 9.17) is 0 Å². The van der Waals surface area contributed by atoms with Gasteiger partial charge in [-0.3, -0.25) is 14.7 Å². The Bertz CT molecular complexity index is 1040. The van der Waals surface area contributed by atoms with Crippen molar-refractivity contribution in [3.8, 4) is 0 Å². The fraction of sp³-hybridized carbons (Fsp3) is 0.308. The zero-order valence-electron chi connectivity index (χ0n) is 18.6. The van der Waals surface area contributed by atoms with Gasteiger partial charge in [-0.2, -0.15) is 0 Å². The SMILES string of the molecule is O=CC(Cc1ccccc1)NC(=O)c1cccnc1N1CCN(CCc2ccccn2)CC1. The Morgan fingerprint density at radius 3 is 2.42 bits per heavy atom. The van der Waals surface area contributed by atoms with E-state index in [1.54, 1.807) is 18.3 Å². The van der Waals surface area contributed by atoms with Crippen molar-refractivity contribution in [3.63, 3.8) is 0 Å². The van der Waals surface area contributed by atoms with Gasteiger partial charge in [-0.15, -0.1) is 0 Å². The lowest BCUT2D eigenvalue weighted by atomic mass is 10.1. The predicted octanol–water partition coefficient (Wildman–Crippen LogP) is 2.38. The van der Waals surface area contributed by atoms with Crippen molar-refractivity contribution in [1.82, 2.24) is 20.2 Å². The third-order valence-corrected chi connectivity index (χ3v) is 5.89. The molecule has 33 heavy (non-hydrogen) atoms. The van der Waals surface area contributed by atoms with Gasteiger partial charge >= 0.3 is 0 Å². The quantitative estimate of drug-likeness (QED) is 0.512. The highest BCUT2D eigenvalue weighted by molar-refractivity contribution is 6.00. The molecule has 0 radical (unpaired) electrons. The van der Waals surface area contributed by atoms with E-state index in [0.717, 1.165) is 56.7 Å². The number of amides is 1. The maximum absolute atomic E-state index is 13.0. The summed E-state index contributed by atoms with van der Waals surface area (Å²) in [6.07, 6.45) is 5.71. The number of anilines is 1. The summed E-state index contributed by atoms with van der Waals surface area (Å²) in [4.78, 5) is 38.1. The van der Waals surface area contributed by atoms with Crippen LogP contribution >= 0.6 is 0 Å². The van der Waals surface area contributed by atoms with Crippen LogP contribution in [0.2, 0.25) is 0 Å². The standard InChI is InChI=1S/C26H29N5O2/c32-20-23(19-21-7-2-1-3-8-21)29-26(33)24-10-6-13-28-25(24)31-17-15-30(16-18-31)14-11-22-9-4-5-12-27-22/h1-10,12-13,20,23H,11,14-19H2,(H,29,33). The Morgan fingerprint density at radius 2 is 1.70 bits per heavy atom. The van der Waals surface area contributed by atoms with Gasteiger partial charge < -0.3 is 15.0 Å². The van der Waals surface area contributed by atoms with Crippen LogP contribution in [-0.2, 0) is 17.6 Å². The van der Waals surface area contributed by atoms with Crippen molar-refractivity contribution in [3.05, 3.63) is 89.9 Å². The van der Waals surface area contributed by atoms with Crippen molar-refractivity contribution in [2.75, 3.05) is 37.6 Å². The second-order valence-corrected chi connectivity index (χ2v) is 8.18. The molecule has 1 aliphatic rings. The molecule has 1 N–H and O–H groups in total. The summed E-state index contributed by atoms with van der Waals surface area (Å²) < 4.78 is 0. The Labute approximate surface area is 194 Å². The first-order valence-electron chi connectivity index (χ1n) is 11.4. The van der Waals surface area contributed by atoms with Crippen LogP contribution in [0.3, 0.4) is 0 Å². The van der Waals surface area contributed by atoms with Gasteiger partial charge in [-0.05, 0) is 36.2 Å². The van der Waals surface area contributed by atoms with Crippen molar-refractivity contribution in [1.29, 1.82) is 0 Å². The van der Waals surface area contributed by atoms with Crippen molar-refractivity contribution in [2.24, 2.45) is 0 Å². The van der Waals surface area contributed by atoms with Crippen molar-refractivity contribution in [2.45, 2.75) is 18.9 Å². The highest BCUT2D eigenvalue weighted by Gasteiger charge is 2.23. The average molecular weight is 444 g/mol. The molecule has 0 spiro atoms. The minimum Gasteiger partial charge on any atom is -0.353 e. The van der Waals surface area contributed by atoms with Gasteiger partial charge in [0.25, 0.3) is 5.91 Å². The first-order chi connectivity index (χ1) is 16.2. The Morgan fingerprint density at radius 1 is 0.939 bits per heavy atom. The van der Waals surface area contributed by atoms with Crippen molar-refractivity contribution >= 4 is 18.0 Å². The maximum Gasteiger partial charge on any atom is 0.255 e. The lowest BCUT2D eigenvalue weighted by Gasteiger charge is -2.36. The molecule has 1 saturated heterocycles. The number of hydrogen-bond donors (Lipinski definition) is 1. The highest BCUT2D eigenvalue weighted by Crippen LogP contribution is 2.19. The fourth-order valence-corrected chi connectivity index (χ4v) is 4.08. The van der Waals surface area contributed by atoms with Crippen LogP contribution in [0.4, 0.5) is 5.82 Å². The molecule has 170 valence electrons. The van der Waals surface area contributed by atoms with Crippen LogP contribution in [0.25, 0.3) is 0 Å². The Kier molecular flexibility index (Phi) is 7.76. The molecule has 1 atom stereocenters. The van der Waals surface area contributed by atoms with Gasteiger partial charge in [0.15, 0.2) is 0 Å². The molecule has 7 heteroatoms. The first-order valence-corrected chi connectivity index (χ1v) is 11.4. The molecule has 1 aliphatic heterocycles. The van der Waals surface area contributed by atoms with Crippen molar-refractivity contribution < 1.29 is 9.59 Å². The molecule has 4 rings (SSSR count). The number of nitrogens with one attached hydrogen (secondary N) is 1. The third-order valence-electron chi connectivity index (χ3n) is 5.89. The van der Waals surface area contributed by atoms with E-state index >= 15 is 0 Å². The number of aromatic nitrogens is 2. The topological polar surface area (TPSA) is 78.4 Å². The van der Waals surface area contributed by atoms with Gasteiger partial charge in [0.2, 0.25) is 0 Å². The summed E-state index contributed by atoms with van der Waals surface area (Å²) in [5.41, 5.74) is 2.60.